The maximum Gasteiger partial charge on any atom is 0.344 e. The molecule has 1 aliphatic heterocycles. The molecule has 2 rings (SSSR count). The van der Waals surface area contributed by atoms with E-state index in [2.05, 4.69) is 15.5 Å². The number of amides is 4. The number of rotatable bonds is 6. The molecule has 1 saturated heterocycles. The van der Waals surface area contributed by atoms with E-state index in [1.165, 1.54) is 0 Å². The van der Waals surface area contributed by atoms with Gasteiger partial charge in [0.1, 0.15) is 5.54 Å². The van der Waals surface area contributed by atoms with Gasteiger partial charge in [0.15, 0.2) is 6.61 Å². The van der Waals surface area contributed by atoms with Gasteiger partial charge >= 0.3 is 12.0 Å². The molecule has 2 N–H and O–H groups in total. The van der Waals surface area contributed by atoms with Crippen molar-refractivity contribution in [2.24, 2.45) is 0 Å². The Morgan fingerprint density at radius 1 is 1.21 bits per heavy atom. The standard InChI is InChI=1S/C16H19N3O5/c1-3-13(21)24-10-12(20)18-19-14(22)16(4-2,17-15(19)23)11-8-6-5-7-9-11/h5-9H,3-4,10H2,1-2H3,(H,17,23)(H,18,20)/t16-/m0/s1. The van der Waals surface area contributed by atoms with Crippen LogP contribution in [-0.4, -0.2) is 35.4 Å². The van der Waals surface area contributed by atoms with Crippen LogP contribution >= 0.6 is 0 Å². The van der Waals surface area contributed by atoms with Crippen molar-refractivity contribution < 1.29 is 23.9 Å². The highest BCUT2D eigenvalue weighted by molar-refractivity contribution is 6.08. The maximum atomic E-state index is 12.7. The van der Waals surface area contributed by atoms with Crippen LogP contribution in [0.15, 0.2) is 30.3 Å². The molecular weight excluding hydrogens is 314 g/mol. The molecule has 0 aromatic heterocycles. The van der Waals surface area contributed by atoms with Crippen molar-refractivity contribution in [3.05, 3.63) is 35.9 Å². The molecule has 0 spiro atoms. The van der Waals surface area contributed by atoms with E-state index in [9.17, 15) is 19.2 Å². The number of nitrogens with one attached hydrogen (secondary N) is 2. The van der Waals surface area contributed by atoms with E-state index in [0.717, 1.165) is 0 Å². The zero-order valence-electron chi connectivity index (χ0n) is 13.5. The minimum Gasteiger partial charge on any atom is -0.456 e. The number of imide groups is 1. The first-order valence-corrected chi connectivity index (χ1v) is 7.62. The summed E-state index contributed by atoms with van der Waals surface area (Å²) in [6.45, 7) is 2.79. The molecule has 1 aromatic rings. The molecule has 128 valence electrons. The van der Waals surface area contributed by atoms with Crippen LogP contribution in [0.5, 0.6) is 0 Å². The van der Waals surface area contributed by atoms with Gasteiger partial charge in [0.2, 0.25) is 0 Å². The third-order valence-corrected chi connectivity index (χ3v) is 3.78. The maximum absolute atomic E-state index is 12.7. The van der Waals surface area contributed by atoms with Gasteiger partial charge in [0, 0.05) is 6.42 Å². The van der Waals surface area contributed by atoms with E-state index in [0.29, 0.717) is 17.0 Å². The molecule has 1 aromatic carbocycles. The Hall–Kier alpha value is -2.90. The summed E-state index contributed by atoms with van der Waals surface area (Å²) in [5, 5.41) is 3.25. The fourth-order valence-corrected chi connectivity index (χ4v) is 2.44. The summed E-state index contributed by atoms with van der Waals surface area (Å²) < 4.78 is 4.68. The Bertz CT molecular complexity index is 661. The molecule has 0 unspecified atom stereocenters. The molecule has 0 radical (unpaired) electrons. The van der Waals surface area contributed by atoms with Crippen molar-refractivity contribution >= 4 is 23.8 Å². The van der Waals surface area contributed by atoms with Gasteiger partial charge < -0.3 is 10.1 Å². The van der Waals surface area contributed by atoms with Crippen molar-refractivity contribution in [2.75, 3.05) is 6.61 Å². The van der Waals surface area contributed by atoms with Crippen molar-refractivity contribution in [1.29, 1.82) is 0 Å². The van der Waals surface area contributed by atoms with Gasteiger partial charge in [-0.25, -0.2) is 4.79 Å². The van der Waals surface area contributed by atoms with Crippen LogP contribution in [0.1, 0.15) is 32.3 Å². The second-order valence-corrected chi connectivity index (χ2v) is 5.24. The molecule has 4 amide bonds. The molecular formula is C16H19N3O5. The number of benzene rings is 1. The number of carbonyl (C=O) groups is 4. The average molecular weight is 333 g/mol. The second-order valence-electron chi connectivity index (χ2n) is 5.24. The summed E-state index contributed by atoms with van der Waals surface area (Å²) in [5.41, 5.74) is 1.57. The van der Waals surface area contributed by atoms with Crippen LogP contribution in [0.2, 0.25) is 0 Å². The molecule has 0 aliphatic carbocycles. The van der Waals surface area contributed by atoms with E-state index in [-0.39, 0.29) is 6.42 Å². The Balaban J connectivity index is 2.13. The topological polar surface area (TPSA) is 105 Å². The number of hydrogen-bond donors (Lipinski definition) is 2. The fourth-order valence-electron chi connectivity index (χ4n) is 2.44. The number of hydrogen-bond acceptors (Lipinski definition) is 5. The Morgan fingerprint density at radius 3 is 2.46 bits per heavy atom. The molecule has 1 aliphatic rings. The van der Waals surface area contributed by atoms with E-state index in [1.807, 2.05) is 0 Å². The lowest BCUT2D eigenvalue weighted by Crippen LogP contribution is -2.49. The SMILES string of the molecule is CCC(=O)OCC(=O)NN1C(=O)N[C@@](CC)(c2ccccc2)C1=O. The summed E-state index contributed by atoms with van der Waals surface area (Å²) >= 11 is 0. The Labute approximate surface area is 139 Å². The van der Waals surface area contributed by atoms with E-state index < -0.39 is 36.0 Å². The third kappa shape index (κ3) is 3.22. The van der Waals surface area contributed by atoms with Crippen LogP contribution in [0, 0.1) is 0 Å². The van der Waals surface area contributed by atoms with Gasteiger partial charge in [0.25, 0.3) is 11.8 Å². The van der Waals surface area contributed by atoms with Crippen LogP contribution in [0.3, 0.4) is 0 Å². The number of ether oxygens (including phenoxy) is 1. The smallest absolute Gasteiger partial charge is 0.344 e. The molecule has 0 bridgehead atoms. The van der Waals surface area contributed by atoms with Gasteiger partial charge in [-0.3, -0.25) is 19.8 Å². The summed E-state index contributed by atoms with van der Waals surface area (Å²) in [5.74, 6) is -1.90. The zero-order chi connectivity index (χ0) is 17.7. The van der Waals surface area contributed by atoms with E-state index in [1.54, 1.807) is 44.2 Å². The van der Waals surface area contributed by atoms with Crippen molar-refractivity contribution in [1.82, 2.24) is 15.8 Å². The highest BCUT2D eigenvalue weighted by Gasteiger charge is 2.52. The first kappa shape index (κ1) is 17.5. The predicted octanol–water partition coefficient (Wildman–Crippen LogP) is 0.828. The average Bonchev–Trinajstić information content (AvgIpc) is 2.85. The number of esters is 1. The minimum atomic E-state index is -1.23. The van der Waals surface area contributed by atoms with Crippen molar-refractivity contribution in [3.63, 3.8) is 0 Å². The van der Waals surface area contributed by atoms with E-state index >= 15 is 0 Å². The largest absolute Gasteiger partial charge is 0.456 e. The molecule has 0 saturated carbocycles. The summed E-state index contributed by atoms with van der Waals surface area (Å²) in [6.07, 6.45) is 0.447. The third-order valence-electron chi connectivity index (χ3n) is 3.78. The first-order chi connectivity index (χ1) is 11.4. The van der Waals surface area contributed by atoms with Crippen LogP contribution in [0.4, 0.5) is 4.79 Å². The lowest BCUT2D eigenvalue weighted by molar-refractivity contribution is -0.150. The first-order valence-electron chi connectivity index (χ1n) is 7.62. The monoisotopic (exact) mass is 333 g/mol. The van der Waals surface area contributed by atoms with E-state index in [4.69, 9.17) is 0 Å². The van der Waals surface area contributed by atoms with Gasteiger partial charge in [0.05, 0.1) is 0 Å². The lowest BCUT2D eigenvalue weighted by Gasteiger charge is -2.25. The second kappa shape index (κ2) is 7.12. The van der Waals surface area contributed by atoms with Crippen LogP contribution < -0.4 is 10.7 Å². The Kier molecular flexibility index (Phi) is 5.18. The summed E-state index contributed by atoms with van der Waals surface area (Å²) in [4.78, 5) is 47.7. The predicted molar refractivity (Wildman–Crippen MR) is 83.2 cm³/mol. The molecule has 1 fully saturated rings. The quantitative estimate of drug-likeness (QED) is 0.592. The molecule has 24 heavy (non-hydrogen) atoms. The lowest BCUT2D eigenvalue weighted by atomic mass is 9.87. The highest BCUT2D eigenvalue weighted by Crippen LogP contribution is 2.31. The van der Waals surface area contributed by atoms with Gasteiger partial charge in [-0.1, -0.05) is 44.2 Å². The number of carbonyl (C=O) groups excluding carboxylic acids is 4. The van der Waals surface area contributed by atoms with Gasteiger partial charge in [-0.05, 0) is 12.0 Å². The number of urea groups is 1. The summed E-state index contributed by atoms with van der Waals surface area (Å²) in [7, 11) is 0. The van der Waals surface area contributed by atoms with Crippen LogP contribution in [-0.2, 0) is 24.7 Å². The highest BCUT2D eigenvalue weighted by atomic mass is 16.5. The fraction of sp³-hybridized carbons (Fsp3) is 0.375. The van der Waals surface area contributed by atoms with Crippen LogP contribution in [0.25, 0.3) is 0 Å². The normalized spacial score (nSPS) is 19.8. The number of nitrogens with zero attached hydrogens (tertiary/aromatic N) is 1. The molecule has 8 heteroatoms. The molecule has 1 heterocycles. The summed E-state index contributed by atoms with van der Waals surface area (Å²) in [6, 6.07) is 8.05. The van der Waals surface area contributed by atoms with Gasteiger partial charge in [-0.2, -0.15) is 5.01 Å². The minimum absolute atomic E-state index is 0.128. The number of hydrazine groups is 1. The van der Waals surface area contributed by atoms with Crippen molar-refractivity contribution in [2.45, 2.75) is 32.2 Å². The zero-order valence-corrected chi connectivity index (χ0v) is 13.5. The molecule has 8 nitrogen and oxygen atoms in total. The Morgan fingerprint density at radius 2 is 1.88 bits per heavy atom. The molecule has 1 atom stereocenters. The van der Waals surface area contributed by atoms with Gasteiger partial charge in [-0.15, -0.1) is 0 Å². The van der Waals surface area contributed by atoms with Crippen molar-refractivity contribution in [3.8, 4) is 0 Å².